The van der Waals surface area contributed by atoms with Gasteiger partial charge in [-0.2, -0.15) is 0 Å². The molecule has 0 bridgehead atoms. The summed E-state index contributed by atoms with van der Waals surface area (Å²) in [6.45, 7) is 7.59. The number of anilines is 1. The highest BCUT2D eigenvalue weighted by Gasteiger charge is 2.23. The summed E-state index contributed by atoms with van der Waals surface area (Å²) in [7, 11) is 1.53. The maximum atomic E-state index is 12.2. The highest BCUT2D eigenvalue weighted by Crippen LogP contribution is 2.28. The molecule has 0 spiro atoms. The van der Waals surface area contributed by atoms with Crippen LogP contribution < -0.4 is 10.1 Å². The lowest BCUT2D eigenvalue weighted by Gasteiger charge is -2.20. The first-order valence-electron chi connectivity index (χ1n) is 7.27. The summed E-state index contributed by atoms with van der Waals surface area (Å²) in [6, 6.07) is 0. The molecule has 6 heteroatoms. The Bertz CT molecular complexity index is 535. The highest BCUT2D eigenvalue weighted by molar-refractivity contribution is 5.95. The molecule has 0 aliphatic heterocycles. The average Bonchev–Trinajstić information content (AvgIpc) is 2.44. The fourth-order valence-corrected chi connectivity index (χ4v) is 1.78. The monoisotopic (exact) mass is 308 g/mol. The van der Waals surface area contributed by atoms with E-state index in [1.165, 1.54) is 7.11 Å². The van der Waals surface area contributed by atoms with Crippen molar-refractivity contribution in [2.75, 3.05) is 19.0 Å². The first-order valence-corrected chi connectivity index (χ1v) is 7.27. The minimum absolute atomic E-state index is 0.125. The molecule has 1 N–H and O–H groups in total. The van der Waals surface area contributed by atoms with Crippen molar-refractivity contribution in [2.45, 2.75) is 40.5 Å². The predicted octanol–water partition coefficient (Wildman–Crippen LogP) is 2.57. The molecular weight excluding hydrogens is 284 g/mol. The molecule has 0 fully saturated rings. The third-order valence-corrected chi connectivity index (χ3v) is 3.05. The van der Waals surface area contributed by atoms with Crippen LogP contribution in [0.1, 0.15) is 39.7 Å². The number of carbonyl (C=O) groups excluding carboxylic acids is 2. The standard InChI is InChI=1S/C16H24N2O4/c1-6-22-14(19)8-7-11-12(9-17-10-13(11)21-5)18-15(20)16(2,3)4/h9-10H,6-8H2,1-5H3,(H,18,20). The number of methoxy groups -OCH3 is 1. The second-order valence-electron chi connectivity index (χ2n) is 5.88. The molecule has 1 aromatic heterocycles. The van der Waals surface area contributed by atoms with Gasteiger partial charge in [-0.25, -0.2) is 0 Å². The van der Waals surface area contributed by atoms with Crippen molar-refractivity contribution in [1.29, 1.82) is 0 Å². The summed E-state index contributed by atoms with van der Waals surface area (Å²) in [5.41, 5.74) is 0.772. The van der Waals surface area contributed by atoms with Crippen LogP contribution in [-0.2, 0) is 20.7 Å². The number of amides is 1. The smallest absolute Gasteiger partial charge is 0.306 e. The lowest BCUT2D eigenvalue weighted by Crippen LogP contribution is -2.28. The summed E-state index contributed by atoms with van der Waals surface area (Å²) < 4.78 is 10.2. The highest BCUT2D eigenvalue weighted by atomic mass is 16.5. The van der Waals surface area contributed by atoms with Crippen molar-refractivity contribution < 1.29 is 19.1 Å². The molecule has 0 aliphatic rings. The van der Waals surface area contributed by atoms with Crippen molar-refractivity contribution in [2.24, 2.45) is 5.41 Å². The van der Waals surface area contributed by atoms with E-state index >= 15 is 0 Å². The van der Waals surface area contributed by atoms with Gasteiger partial charge in [0.15, 0.2) is 0 Å². The first-order chi connectivity index (χ1) is 10.3. The number of ether oxygens (including phenoxy) is 2. The topological polar surface area (TPSA) is 77.5 Å². The van der Waals surface area contributed by atoms with Crippen LogP contribution in [0.3, 0.4) is 0 Å². The Labute approximate surface area is 131 Å². The van der Waals surface area contributed by atoms with Crippen molar-refractivity contribution in [1.82, 2.24) is 4.98 Å². The van der Waals surface area contributed by atoms with Crippen molar-refractivity contribution in [3.05, 3.63) is 18.0 Å². The average molecular weight is 308 g/mol. The van der Waals surface area contributed by atoms with Crippen LogP contribution in [0.15, 0.2) is 12.4 Å². The van der Waals surface area contributed by atoms with Crippen LogP contribution >= 0.6 is 0 Å². The molecule has 1 heterocycles. The Hall–Kier alpha value is -2.11. The molecule has 1 amide bonds. The molecule has 0 saturated carbocycles. The van der Waals surface area contributed by atoms with Crippen molar-refractivity contribution in [3.63, 3.8) is 0 Å². The van der Waals surface area contributed by atoms with Crippen LogP contribution in [0.5, 0.6) is 5.75 Å². The molecule has 0 aliphatic carbocycles. The van der Waals surface area contributed by atoms with Gasteiger partial charge in [0, 0.05) is 17.4 Å². The molecule has 1 aromatic rings. The number of hydrogen-bond acceptors (Lipinski definition) is 5. The molecule has 0 saturated heterocycles. The van der Waals surface area contributed by atoms with Gasteiger partial charge >= 0.3 is 5.97 Å². The van der Waals surface area contributed by atoms with Crippen LogP contribution in [-0.4, -0.2) is 30.6 Å². The molecule has 0 radical (unpaired) electrons. The molecule has 0 unspecified atom stereocenters. The first kappa shape index (κ1) is 17.9. The minimum atomic E-state index is -0.526. The van der Waals surface area contributed by atoms with Crippen molar-refractivity contribution in [3.8, 4) is 5.75 Å². The fraction of sp³-hybridized carbons (Fsp3) is 0.562. The molecule has 22 heavy (non-hydrogen) atoms. The van der Waals surface area contributed by atoms with E-state index in [4.69, 9.17) is 9.47 Å². The van der Waals surface area contributed by atoms with Gasteiger partial charge in [-0.05, 0) is 13.3 Å². The van der Waals surface area contributed by atoms with E-state index in [0.29, 0.717) is 24.5 Å². The second-order valence-corrected chi connectivity index (χ2v) is 5.88. The van der Waals surface area contributed by atoms with E-state index in [9.17, 15) is 9.59 Å². The van der Waals surface area contributed by atoms with Gasteiger partial charge in [0.2, 0.25) is 5.91 Å². The SMILES string of the molecule is CCOC(=O)CCc1c(NC(=O)C(C)(C)C)cncc1OC. The zero-order valence-electron chi connectivity index (χ0n) is 13.9. The quantitative estimate of drug-likeness (QED) is 0.817. The van der Waals surface area contributed by atoms with Crippen LogP contribution in [0.4, 0.5) is 5.69 Å². The molecule has 6 nitrogen and oxygen atoms in total. The van der Waals surface area contributed by atoms with E-state index in [1.807, 2.05) is 20.8 Å². The van der Waals surface area contributed by atoms with Crippen LogP contribution in [0, 0.1) is 5.41 Å². The van der Waals surface area contributed by atoms with E-state index in [1.54, 1.807) is 19.3 Å². The van der Waals surface area contributed by atoms with E-state index in [2.05, 4.69) is 10.3 Å². The molecule has 0 atom stereocenters. The number of carbonyl (C=O) groups is 2. The van der Waals surface area contributed by atoms with Crippen LogP contribution in [0.25, 0.3) is 0 Å². The summed E-state index contributed by atoms with van der Waals surface area (Å²) in [4.78, 5) is 27.8. The normalized spacial score (nSPS) is 11.0. The van der Waals surface area contributed by atoms with E-state index in [-0.39, 0.29) is 18.3 Å². The predicted molar refractivity (Wildman–Crippen MR) is 83.8 cm³/mol. The molecule has 1 rings (SSSR count). The summed E-state index contributed by atoms with van der Waals surface area (Å²) in [5, 5.41) is 2.85. The largest absolute Gasteiger partial charge is 0.495 e. The summed E-state index contributed by atoms with van der Waals surface area (Å²) in [5.74, 6) is 0.130. The van der Waals surface area contributed by atoms with Crippen molar-refractivity contribution >= 4 is 17.6 Å². The Morgan fingerprint density at radius 3 is 2.50 bits per heavy atom. The Balaban J connectivity index is 2.97. The lowest BCUT2D eigenvalue weighted by molar-refractivity contribution is -0.143. The van der Waals surface area contributed by atoms with Gasteiger partial charge < -0.3 is 14.8 Å². The molecular formula is C16H24N2O4. The molecule has 0 aromatic carbocycles. The minimum Gasteiger partial charge on any atom is -0.495 e. The van der Waals surface area contributed by atoms with E-state index in [0.717, 1.165) is 5.56 Å². The summed E-state index contributed by atoms with van der Waals surface area (Å²) in [6.07, 6.45) is 3.75. The number of nitrogens with one attached hydrogen (secondary N) is 1. The molecule has 122 valence electrons. The Kier molecular flexibility index (Phi) is 6.34. The third kappa shape index (κ3) is 5.02. The number of pyridine rings is 1. The Morgan fingerprint density at radius 2 is 1.95 bits per heavy atom. The van der Waals surface area contributed by atoms with Gasteiger partial charge in [-0.1, -0.05) is 20.8 Å². The number of hydrogen-bond donors (Lipinski definition) is 1. The van der Waals surface area contributed by atoms with Gasteiger partial charge in [-0.3, -0.25) is 14.6 Å². The lowest BCUT2D eigenvalue weighted by atomic mass is 9.95. The number of aromatic nitrogens is 1. The van der Waals surface area contributed by atoms with Crippen LogP contribution in [0.2, 0.25) is 0 Å². The number of rotatable bonds is 6. The zero-order valence-corrected chi connectivity index (χ0v) is 13.9. The number of nitrogens with zero attached hydrogens (tertiary/aromatic N) is 1. The zero-order chi connectivity index (χ0) is 16.8. The maximum Gasteiger partial charge on any atom is 0.306 e. The Morgan fingerprint density at radius 1 is 1.27 bits per heavy atom. The number of esters is 1. The van der Waals surface area contributed by atoms with E-state index < -0.39 is 5.41 Å². The third-order valence-electron chi connectivity index (χ3n) is 3.05. The van der Waals surface area contributed by atoms with Gasteiger partial charge in [-0.15, -0.1) is 0 Å². The summed E-state index contributed by atoms with van der Waals surface area (Å²) >= 11 is 0. The fourth-order valence-electron chi connectivity index (χ4n) is 1.78. The van der Waals surface area contributed by atoms with Gasteiger partial charge in [0.25, 0.3) is 0 Å². The van der Waals surface area contributed by atoms with Gasteiger partial charge in [0.05, 0.1) is 31.8 Å². The second kappa shape index (κ2) is 7.77. The maximum absolute atomic E-state index is 12.2. The van der Waals surface area contributed by atoms with Gasteiger partial charge in [0.1, 0.15) is 5.75 Å².